The van der Waals surface area contributed by atoms with Crippen molar-refractivity contribution in [2.75, 3.05) is 19.8 Å². The molecule has 0 spiro atoms. The number of hydrogen-bond donors (Lipinski definition) is 1. The molecule has 1 aliphatic rings. The van der Waals surface area contributed by atoms with Crippen molar-refractivity contribution in [2.24, 2.45) is 0 Å². The van der Waals surface area contributed by atoms with E-state index in [1.54, 1.807) is 6.20 Å². The van der Waals surface area contributed by atoms with E-state index in [0.717, 1.165) is 45.5 Å². The van der Waals surface area contributed by atoms with E-state index in [2.05, 4.69) is 27.5 Å². The van der Waals surface area contributed by atoms with Crippen LogP contribution in [0.1, 0.15) is 12.0 Å². The zero-order valence-electron chi connectivity index (χ0n) is 12.8. The van der Waals surface area contributed by atoms with Gasteiger partial charge >= 0.3 is 0 Å². The van der Waals surface area contributed by atoms with Crippen molar-refractivity contribution in [2.45, 2.75) is 13.0 Å². The van der Waals surface area contributed by atoms with Gasteiger partial charge in [0, 0.05) is 30.5 Å². The molecule has 4 nitrogen and oxygen atoms in total. The summed E-state index contributed by atoms with van der Waals surface area (Å²) in [4.78, 5) is 4.56. The lowest BCUT2D eigenvalue weighted by molar-refractivity contribution is 0.331. The third kappa shape index (κ3) is 2.15. The van der Waals surface area contributed by atoms with Gasteiger partial charge in [-0.05, 0) is 30.7 Å². The SMILES string of the molecule is C=C1NCCOc2c1ccc1c2c2ncccc2n1CCCF. The molecule has 0 saturated carbocycles. The van der Waals surface area contributed by atoms with E-state index in [4.69, 9.17) is 4.74 Å². The molecule has 0 amide bonds. The fourth-order valence-electron chi connectivity index (χ4n) is 3.26. The Bertz CT molecular complexity index is 900. The first-order valence-corrected chi connectivity index (χ1v) is 7.83. The molecule has 0 atom stereocenters. The van der Waals surface area contributed by atoms with Crippen molar-refractivity contribution in [3.05, 3.63) is 42.6 Å². The molecule has 4 rings (SSSR count). The molecule has 0 saturated heterocycles. The van der Waals surface area contributed by atoms with Crippen LogP contribution in [0, 0.1) is 0 Å². The highest BCUT2D eigenvalue weighted by Gasteiger charge is 2.21. The topological polar surface area (TPSA) is 39.1 Å². The minimum atomic E-state index is -0.330. The van der Waals surface area contributed by atoms with E-state index >= 15 is 0 Å². The minimum Gasteiger partial charge on any atom is -0.490 e. The molecule has 5 heteroatoms. The van der Waals surface area contributed by atoms with Crippen molar-refractivity contribution in [3.8, 4) is 5.75 Å². The van der Waals surface area contributed by atoms with Gasteiger partial charge in [-0.25, -0.2) is 0 Å². The predicted octanol–water partition coefficient (Wildman–Crippen LogP) is 3.50. The van der Waals surface area contributed by atoms with Gasteiger partial charge in [0.15, 0.2) is 0 Å². The van der Waals surface area contributed by atoms with Gasteiger partial charge in [0.1, 0.15) is 12.4 Å². The van der Waals surface area contributed by atoms with E-state index in [9.17, 15) is 4.39 Å². The van der Waals surface area contributed by atoms with Crippen molar-refractivity contribution < 1.29 is 9.13 Å². The highest BCUT2D eigenvalue weighted by molar-refractivity contribution is 6.10. The van der Waals surface area contributed by atoms with Gasteiger partial charge in [-0.1, -0.05) is 6.58 Å². The van der Waals surface area contributed by atoms with Crippen molar-refractivity contribution in [1.29, 1.82) is 0 Å². The number of pyridine rings is 1. The maximum absolute atomic E-state index is 12.7. The zero-order chi connectivity index (χ0) is 15.8. The van der Waals surface area contributed by atoms with E-state index in [0.29, 0.717) is 19.6 Å². The van der Waals surface area contributed by atoms with Crippen LogP contribution in [0.4, 0.5) is 4.39 Å². The smallest absolute Gasteiger partial charge is 0.140 e. The molecule has 1 aliphatic heterocycles. The van der Waals surface area contributed by atoms with Gasteiger partial charge in [-0.2, -0.15) is 0 Å². The number of aryl methyl sites for hydroxylation is 1. The summed E-state index contributed by atoms with van der Waals surface area (Å²) in [7, 11) is 0. The monoisotopic (exact) mass is 311 g/mol. The van der Waals surface area contributed by atoms with Crippen LogP contribution < -0.4 is 10.1 Å². The Labute approximate surface area is 133 Å². The molecule has 2 aromatic heterocycles. The maximum atomic E-state index is 12.7. The second-order valence-electron chi connectivity index (χ2n) is 5.66. The first-order chi connectivity index (χ1) is 11.3. The molecule has 0 bridgehead atoms. The average molecular weight is 311 g/mol. The summed E-state index contributed by atoms with van der Waals surface area (Å²) in [6, 6.07) is 8.00. The number of hydrogen-bond acceptors (Lipinski definition) is 3. The molecular formula is C18H18FN3O. The van der Waals surface area contributed by atoms with Gasteiger partial charge in [0.05, 0.1) is 28.6 Å². The summed E-state index contributed by atoms with van der Waals surface area (Å²) in [6.45, 7) is 5.69. The Morgan fingerprint density at radius 1 is 1.30 bits per heavy atom. The van der Waals surface area contributed by atoms with E-state index in [1.165, 1.54) is 0 Å². The summed E-state index contributed by atoms with van der Waals surface area (Å²) in [5, 5.41) is 4.25. The van der Waals surface area contributed by atoms with Gasteiger partial charge in [-0.15, -0.1) is 0 Å². The molecule has 1 aromatic carbocycles. The Kier molecular flexibility index (Phi) is 3.41. The Hall–Kier alpha value is -2.56. The van der Waals surface area contributed by atoms with Gasteiger partial charge in [0.2, 0.25) is 0 Å². The molecule has 3 heterocycles. The number of nitrogens with zero attached hydrogens (tertiary/aromatic N) is 2. The number of nitrogens with one attached hydrogen (secondary N) is 1. The van der Waals surface area contributed by atoms with Crippen LogP contribution in [-0.2, 0) is 6.54 Å². The first kappa shape index (κ1) is 14.1. The van der Waals surface area contributed by atoms with Crippen LogP contribution in [0.3, 0.4) is 0 Å². The quantitative estimate of drug-likeness (QED) is 0.804. The van der Waals surface area contributed by atoms with Crippen molar-refractivity contribution in [1.82, 2.24) is 14.9 Å². The van der Waals surface area contributed by atoms with Crippen LogP contribution in [0.25, 0.3) is 27.6 Å². The molecule has 0 aliphatic carbocycles. The third-order valence-corrected chi connectivity index (χ3v) is 4.27. The predicted molar refractivity (Wildman–Crippen MR) is 90.4 cm³/mol. The summed E-state index contributed by atoms with van der Waals surface area (Å²) in [6.07, 6.45) is 2.27. The number of aromatic nitrogens is 2. The average Bonchev–Trinajstić information content (AvgIpc) is 2.78. The van der Waals surface area contributed by atoms with Crippen LogP contribution in [0.15, 0.2) is 37.0 Å². The zero-order valence-corrected chi connectivity index (χ0v) is 12.8. The lowest BCUT2D eigenvalue weighted by Gasteiger charge is -2.10. The van der Waals surface area contributed by atoms with Gasteiger partial charge in [-0.3, -0.25) is 9.37 Å². The van der Waals surface area contributed by atoms with Crippen LogP contribution >= 0.6 is 0 Å². The van der Waals surface area contributed by atoms with E-state index in [1.807, 2.05) is 18.2 Å². The Morgan fingerprint density at radius 2 is 2.22 bits per heavy atom. The van der Waals surface area contributed by atoms with Crippen LogP contribution in [0.2, 0.25) is 0 Å². The minimum absolute atomic E-state index is 0.330. The van der Waals surface area contributed by atoms with E-state index < -0.39 is 0 Å². The third-order valence-electron chi connectivity index (χ3n) is 4.27. The largest absolute Gasteiger partial charge is 0.490 e. The fraction of sp³-hybridized carbons (Fsp3) is 0.278. The highest BCUT2D eigenvalue weighted by atomic mass is 19.1. The Balaban J connectivity index is 2.07. The lowest BCUT2D eigenvalue weighted by Crippen LogP contribution is -2.14. The van der Waals surface area contributed by atoms with Crippen molar-refractivity contribution in [3.63, 3.8) is 0 Å². The summed E-state index contributed by atoms with van der Waals surface area (Å²) >= 11 is 0. The number of ether oxygens (including phenoxy) is 1. The Morgan fingerprint density at radius 3 is 3.09 bits per heavy atom. The van der Waals surface area contributed by atoms with Crippen molar-refractivity contribution >= 4 is 27.6 Å². The molecule has 3 aromatic rings. The summed E-state index contributed by atoms with van der Waals surface area (Å²) < 4.78 is 20.8. The maximum Gasteiger partial charge on any atom is 0.140 e. The van der Waals surface area contributed by atoms with E-state index in [-0.39, 0.29) is 6.67 Å². The number of alkyl halides is 1. The van der Waals surface area contributed by atoms with Crippen LogP contribution in [0.5, 0.6) is 5.75 Å². The molecule has 0 unspecified atom stereocenters. The molecule has 118 valence electrons. The number of fused-ring (bicyclic) bond motifs is 5. The first-order valence-electron chi connectivity index (χ1n) is 7.83. The summed E-state index contributed by atoms with van der Waals surface area (Å²) in [5.74, 6) is 0.820. The molecule has 0 fully saturated rings. The fourth-order valence-corrected chi connectivity index (χ4v) is 3.26. The lowest BCUT2D eigenvalue weighted by atomic mass is 10.1. The number of halogens is 1. The van der Waals surface area contributed by atoms with Gasteiger partial charge < -0.3 is 14.6 Å². The number of benzene rings is 1. The second-order valence-corrected chi connectivity index (χ2v) is 5.66. The second kappa shape index (κ2) is 5.57. The molecule has 0 radical (unpaired) electrons. The highest BCUT2D eigenvalue weighted by Crippen LogP contribution is 2.39. The normalized spacial score (nSPS) is 14.4. The molecule has 1 N–H and O–H groups in total. The standard InChI is InChI=1S/C18H18FN3O/c1-12-13-5-6-14-16(18(13)23-11-9-20-12)17-15(4-2-8-21-17)22(14)10-3-7-19/h2,4-6,8,20H,1,3,7,9-11H2. The van der Waals surface area contributed by atoms with Gasteiger partial charge in [0.25, 0.3) is 0 Å². The summed E-state index contributed by atoms with van der Waals surface area (Å²) in [5.41, 5.74) is 4.76. The molecule has 23 heavy (non-hydrogen) atoms. The number of rotatable bonds is 3. The van der Waals surface area contributed by atoms with Crippen LogP contribution in [-0.4, -0.2) is 29.4 Å². The molecular weight excluding hydrogens is 293 g/mol.